The summed E-state index contributed by atoms with van der Waals surface area (Å²) < 4.78 is 5.67. The third-order valence-electron chi connectivity index (χ3n) is 5.65. The SMILES string of the molecule is CC(CC(=O)NC1CC(=O)N(CCOc2ccccc2)C1)C1CCNCC1.Cl. The number of carbonyl (C=O) groups excluding carboxylic acids is 2. The van der Waals surface area contributed by atoms with Gasteiger partial charge in [-0.15, -0.1) is 12.4 Å². The predicted octanol–water partition coefficient (Wildman–Crippen LogP) is 2.23. The summed E-state index contributed by atoms with van der Waals surface area (Å²) in [4.78, 5) is 26.4. The number of nitrogens with zero attached hydrogens (tertiary/aromatic N) is 1. The molecule has 7 heteroatoms. The van der Waals surface area contributed by atoms with Gasteiger partial charge in [0.2, 0.25) is 11.8 Å². The fourth-order valence-corrected chi connectivity index (χ4v) is 4.03. The van der Waals surface area contributed by atoms with Crippen LogP contribution in [0.5, 0.6) is 5.75 Å². The van der Waals surface area contributed by atoms with E-state index >= 15 is 0 Å². The van der Waals surface area contributed by atoms with Crippen LogP contribution in [0, 0.1) is 11.8 Å². The highest BCUT2D eigenvalue weighted by Gasteiger charge is 2.31. The van der Waals surface area contributed by atoms with Crippen molar-refractivity contribution < 1.29 is 14.3 Å². The Labute approximate surface area is 173 Å². The Morgan fingerprint density at radius 2 is 2.00 bits per heavy atom. The van der Waals surface area contributed by atoms with Crippen molar-refractivity contribution in [1.29, 1.82) is 0 Å². The lowest BCUT2D eigenvalue weighted by atomic mass is 9.84. The summed E-state index contributed by atoms with van der Waals surface area (Å²) in [5.74, 6) is 1.97. The fourth-order valence-electron chi connectivity index (χ4n) is 4.03. The van der Waals surface area contributed by atoms with Crippen molar-refractivity contribution in [3.8, 4) is 5.75 Å². The summed E-state index contributed by atoms with van der Waals surface area (Å²) in [6.45, 7) is 5.85. The minimum atomic E-state index is -0.0815. The van der Waals surface area contributed by atoms with Crippen LogP contribution in [0.2, 0.25) is 0 Å². The second-order valence-electron chi connectivity index (χ2n) is 7.74. The molecule has 2 atom stereocenters. The molecule has 2 heterocycles. The Morgan fingerprint density at radius 1 is 1.29 bits per heavy atom. The average Bonchev–Trinajstić information content (AvgIpc) is 3.02. The van der Waals surface area contributed by atoms with E-state index in [1.165, 1.54) is 0 Å². The number of carbonyl (C=O) groups is 2. The molecule has 2 amide bonds. The molecule has 2 saturated heterocycles. The van der Waals surface area contributed by atoms with Gasteiger partial charge in [-0.1, -0.05) is 25.1 Å². The normalized spacial score (nSPS) is 21.1. The molecule has 0 aliphatic carbocycles. The standard InChI is InChI=1S/C21H31N3O3.ClH/c1-16(17-7-9-22-10-8-17)13-20(25)23-18-14-21(26)24(15-18)11-12-27-19-5-3-2-4-6-19;/h2-6,16-18,22H,7-15H2,1H3,(H,23,25);1H. The van der Waals surface area contributed by atoms with Gasteiger partial charge in [0.15, 0.2) is 0 Å². The molecule has 2 unspecified atom stereocenters. The van der Waals surface area contributed by atoms with Gasteiger partial charge >= 0.3 is 0 Å². The quantitative estimate of drug-likeness (QED) is 0.690. The molecule has 2 aliphatic rings. The van der Waals surface area contributed by atoms with Gasteiger partial charge in [0.1, 0.15) is 12.4 Å². The number of amides is 2. The molecule has 156 valence electrons. The Morgan fingerprint density at radius 3 is 2.71 bits per heavy atom. The van der Waals surface area contributed by atoms with Gasteiger partial charge in [-0.25, -0.2) is 0 Å². The van der Waals surface area contributed by atoms with Gasteiger partial charge in [-0.05, 0) is 49.9 Å². The Bertz CT molecular complexity index is 623. The monoisotopic (exact) mass is 409 g/mol. The first kappa shape index (κ1) is 22.5. The second-order valence-corrected chi connectivity index (χ2v) is 7.74. The van der Waals surface area contributed by atoms with Gasteiger partial charge in [0.05, 0.1) is 12.6 Å². The van der Waals surface area contributed by atoms with Crippen LogP contribution < -0.4 is 15.4 Å². The number of halogens is 1. The molecule has 1 aromatic rings. The van der Waals surface area contributed by atoms with Crippen LogP contribution in [-0.2, 0) is 9.59 Å². The molecule has 0 saturated carbocycles. The van der Waals surface area contributed by atoms with Crippen molar-refractivity contribution in [2.45, 2.75) is 38.6 Å². The lowest BCUT2D eigenvalue weighted by molar-refractivity contribution is -0.128. The van der Waals surface area contributed by atoms with E-state index in [1.807, 2.05) is 30.3 Å². The molecule has 2 fully saturated rings. The highest BCUT2D eigenvalue weighted by Crippen LogP contribution is 2.24. The molecule has 3 rings (SSSR count). The van der Waals surface area contributed by atoms with Crippen molar-refractivity contribution in [2.24, 2.45) is 11.8 Å². The van der Waals surface area contributed by atoms with E-state index < -0.39 is 0 Å². The second kappa shape index (κ2) is 11.3. The van der Waals surface area contributed by atoms with Crippen molar-refractivity contribution in [3.63, 3.8) is 0 Å². The summed E-state index contributed by atoms with van der Waals surface area (Å²) >= 11 is 0. The minimum absolute atomic E-state index is 0. The van der Waals surface area contributed by atoms with E-state index in [0.717, 1.165) is 31.7 Å². The van der Waals surface area contributed by atoms with Crippen LogP contribution in [0.25, 0.3) is 0 Å². The number of piperidine rings is 1. The van der Waals surface area contributed by atoms with Crippen molar-refractivity contribution >= 4 is 24.2 Å². The number of ether oxygens (including phenoxy) is 1. The van der Waals surface area contributed by atoms with Crippen molar-refractivity contribution in [2.75, 3.05) is 32.8 Å². The molecule has 6 nitrogen and oxygen atoms in total. The minimum Gasteiger partial charge on any atom is -0.492 e. The predicted molar refractivity (Wildman–Crippen MR) is 112 cm³/mol. The Kier molecular flexibility index (Phi) is 9.06. The molecular formula is C21H32ClN3O3. The van der Waals surface area contributed by atoms with E-state index in [4.69, 9.17) is 4.74 Å². The molecule has 0 bridgehead atoms. The van der Waals surface area contributed by atoms with Crippen molar-refractivity contribution in [3.05, 3.63) is 30.3 Å². The van der Waals surface area contributed by atoms with Crippen LogP contribution in [0.4, 0.5) is 0 Å². The molecule has 2 N–H and O–H groups in total. The first-order chi connectivity index (χ1) is 13.1. The maximum Gasteiger partial charge on any atom is 0.224 e. The Balaban J connectivity index is 0.00000280. The smallest absolute Gasteiger partial charge is 0.224 e. The summed E-state index contributed by atoms with van der Waals surface area (Å²) in [7, 11) is 0. The first-order valence-electron chi connectivity index (χ1n) is 10.1. The number of rotatable bonds is 8. The molecule has 2 aliphatic heterocycles. The zero-order valence-electron chi connectivity index (χ0n) is 16.6. The molecule has 1 aromatic carbocycles. The molecule has 0 spiro atoms. The maximum absolute atomic E-state index is 12.4. The zero-order valence-corrected chi connectivity index (χ0v) is 17.4. The molecule has 28 heavy (non-hydrogen) atoms. The summed E-state index contributed by atoms with van der Waals surface area (Å²) in [6, 6.07) is 9.51. The summed E-state index contributed by atoms with van der Waals surface area (Å²) in [5, 5.41) is 6.42. The number of hydrogen-bond donors (Lipinski definition) is 2. The van der Waals surface area contributed by atoms with E-state index in [0.29, 0.717) is 44.4 Å². The average molecular weight is 410 g/mol. The van der Waals surface area contributed by atoms with E-state index in [2.05, 4.69) is 17.6 Å². The summed E-state index contributed by atoms with van der Waals surface area (Å²) in [6.07, 6.45) is 3.22. The zero-order chi connectivity index (χ0) is 19.1. The number of benzene rings is 1. The molecule has 0 radical (unpaired) electrons. The van der Waals surface area contributed by atoms with Gasteiger partial charge in [-0.2, -0.15) is 0 Å². The lowest BCUT2D eigenvalue weighted by Crippen LogP contribution is -2.39. The van der Waals surface area contributed by atoms with Gasteiger partial charge in [-0.3, -0.25) is 9.59 Å². The van der Waals surface area contributed by atoms with Crippen LogP contribution in [-0.4, -0.2) is 55.5 Å². The largest absolute Gasteiger partial charge is 0.492 e. The van der Waals surface area contributed by atoms with Gasteiger partial charge in [0, 0.05) is 19.4 Å². The topological polar surface area (TPSA) is 70.7 Å². The third-order valence-corrected chi connectivity index (χ3v) is 5.65. The number of nitrogens with one attached hydrogen (secondary N) is 2. The van der Waals surface area contributed by atoms with E-state index in [9.17, 15) is 9.59 Å². The maximum atomic E-state index is 12.4. The lowest BCUT2D eigenvalue weighted by Gasteiger charge is -2.28. The van der Waals surface area contributed by atoms with Gasteiger partial charge in [0.25, 0.3) is 0 Å². The van der Waals surface area contributed by atoms with E-state index in [-0.39, 0.29) is 30.3 Å². The van der Waals surface area contributed by atoms with Crippen LogP contribution in [0.1, 0.15) is 32.6 Å². The molecular weight excluding hydrogens is 378 g/mol. The summed E-state index contributed by atoms with van der Waals surface area (Å²) in [5.41, 5.74) is 0. The molecule has 0 aromatic heterocycles. The Hall–Kier alpha value is -1.79. The van der Waals surface area contributed by atoms with Crippen LogP contribution in [0.3, 0.4) is 0 Å². The van der Waals surface area contributed by atoms with Crippen LogP contribution in [0.15, 0.2) is 30.3 Å². The number of likely N-dealkylation sites (tertiary alicyclic amines) is 1. The first-order valence-corrected chi connectivity index (χ1v) is 10.1. The third kappa shape index (κ3) is 6.67. The van der Waals surface area contributed by atoms with Crippen LogP contribution >= 0.6 is 12.4 Å². The van der Waals surface area contributed by atoms with E-state index in [1.54, 1.807) is 4.90 Å². The highest BCUT2D eigenvalue weighted by atomic mass is 35.5. The fraction of sp³-hybridized carbons (Fsp3) is 0.619. The number of para-hydroxylation sites is 1. The van der Waals surface area contributed by atoms with Crippen molar-refractivity contribution in [1.82, 2.24) is 15.5 Å². The number of hydrogen-bond acceptors (Lipinski definition) is 4. The van der Waals surface area contributed by atoms with Gasteiger partial charge < -0.3 is 20.3 Å². The highest BCUT2D eigenvalue weighted by molar-refractivity contribution is 5.85.